The van der Waals surface area contributed by atoms with E-state index in [2.05, 4.69) is 30.2 Å². The number of carbonyl (C=O) groups is 1. The highest BCUT2D eigenvalue weighted by molar-refractivity contribution is 6.77. The number of hydrogen-bond acceptors (Lipinski definition) is 4. The summed E-state index contributed by atoms with van der Waals surface area (Å²) in [7, 11) is -1.19. The van der Waals surface area contributed by atoms with Crippen molar-refractivity contribution in [2.45, 2.75) is 52.2 Å². The lowest BCUT2D eigenvalue weighted by atomic mass is 10.3. The summed E-state index contributed by atoms with van der Waals surface area (Å²) in [6.07, 6.45) is 0.533. The predicted octanol–water partition coefficient (Wildman–Crippen LogP) is 2.56. The van der Waals surface area contributed by atoms with Crippen molar-refractivity contribution in [3.8, 4) is 0 Å². The Morgan fingerprint density at radius 1 is 1.00 bits per heavy atom. The van der Waals surface area contributed by atoms with Crippen LogP contribution in [0.3, 0.4) is 0 Å². The SMILES string of the molecule is CCOC(=O)CCN1CCN([Si](CC)(CC)CC)CC1. The molecule has 0 aromatic heterocycles. The predicted molar refractivity (Wildman–Crippen MR) is 86.5 cm³/mol. The van der Waals surface area contributed by atoms with E-state index in [9.17, 15) is 4.79 Å². The van der Waals surface area contributed by atoms with Gasteiger partial charge in [-0.25, -0.2) is 0 Å². The molecule has 0 aromatic rings. The van der Waals surface area contributed by atoms with Crippen LogP contribution in [0.1, 0.15) is 34.1 Å². The Hall–Kier alpha value is -0.393. The number of nitrogens with zero attached hydrogens (tertiary/aromatic N) is 2. The fourth-order valence-corrected chi connectivity index (χ4v) is 7.34. The number of carbonyl (C=O) groups excluding carboxylic acids is 1. The molecule has 0 atom stereocenters. The van der Waals surface area contributed by atoms with Crippen molar-refractivity contribution in [2.75, 3.05) is 39.3 Å². The second kappa shape index (κ2) is 8.80. The van der Waals surface area contributed by atoms with Crippen molar-refractivity contribution in [1.82, 2.24) is 9.47 Å². The van der Waals surface area contributed by atoms with E-state index in [1.54, 1.807) is 0 Å². The smallest absolute Gasteiger partial charge is 0.307 e. The lowest BCUT2D eigenvalue weighted by Crippen LogP contribution is -2.59. The van der Waals surface area contributed by atoms with E-state index in [1.165, 1.54) is 31.2 Å². The number of piperazine rings is 1. The minimum absolute atomic E-state index is 0.0608. The molecule has 5 heteroatoms. The molecule has 0 bridgehead atoms. The van der Waals surface area contributed by atoms with Crippen molar-refractivity contribution in [3.05, 3.63) is 0 Å². The molecule has 118 valence electrons. The van der Waals surface area contributed by atoms with Crippen LogP contribution in [0, 0.1) is 0 Å². The monoisotopic (exact) mass is 300 g/mol. The van der Waals surface area contributed by atoms with Gasteiger partial charge in [0.15, 0.2) is 0 Å². The maximum absolute atomic E-state index is 11.4. The molecule has 1 aliphatic heterocycles. The summed E-state index contributed by atoms with van der Waals surface area (Å²) < 4.78 is 7.79. The zero-order chi connectivity index (χ0) is 15.0. The van der Waals surface area contributed by atoms with Gasteiger partial charge in [-0.05, 0) is 25.1 Å². The number of rotatable bonds is 8. The van der Waals surface area contributed by atoms with Gasteiger partial charge in [-0.3, -0.25) is 4.79 Å². The Labute approximate surface area is 125 Å². The van der Waals surface area contributed by atoms with E-state index < -0.39 is 8.24 Å². The van der Waals surface area contributed by atoms with Gasteiger partial charge in [0.2, 0.25) is 0 Å². The van der Waals surface area contributed by atoms with Crippen LogP contribution in [0.15, 0.2) is 0 Å². The third-order valence-electron chi connectivity index (χ3n) is 4.95. The number of ether oxygens (including phenoxy) is 1. The molecule has 0 spiro atoms. The van der Waals surface area contributed by atoms with Crippen LogP contribution in [0.2, 0.25) is 18.1 Å². The molecule has 1 saturated heterocycles. The molecule has 0 radical (unpaired) electrons. The molecular formula is C15H32N2O2Si. The van der Waals surface area contributed by atoms with Gasteiger partial charge in [-0.15, -0.1) is 0 Å². The highest BCUT2D eigenvalue weighted by Gasteiger charge is 2.35. The summed E-state index contributed by atoms with van der Waals surface area (Å²) in [5, 5.41) is 0. The molecule has 0 aromatic carbocycles. The summed E-state index contributed by atoms with van der Waals surface area (Å²) in [5.41, 5.74) is 0. The van der Waals surface area contributed by atoms with E-state index in [0.717, 1.165) is 19.6 Å². The summed E-state index contributed by atoms with van der Waals surface area (Å²) in [4.78, 5) is 13.8. The number of esters is 1. The second-order valence-corrected chi connectivity index (χ2v) is 10.9. The molecule has 0 amide bonds. The molecule has 1 rings (SSSR count). The first-order chi connectivity index (χ1) is 9.61. The first-order valence-corrected chi connectivity index (χ1v) is 10.8. The number of hydrogen-bond donors (Lipinski definition) is 0. The highest BCUT2D eigenvalue weighted by atomic mass is 28.3. The Balaban J connectivity index is 2.37. The Kier molecular flexibility index (Phi) is 7.77. The first-order valence-electron chi connectivity index (χ1n) is 8.24. The van der Waals surface area contributed by atoms with E-state index in [1.807, 2.05) is 6.92 Å². The molecule has 0 N–H and O–H groups in total. The van der Waals surface area contributed by atoms with E-state index in [-0.39, 0.29) is 5.97 Å². The molecule has 1 fully saturated rings. The zero-order valence-corrected chi connectivity index (χ0v) is 14.8. The molecule has 1 aliphatic rings. The van der Waals surface area contributed by atoms with Crippen molar-refractivity contribution in [1.29, 1.82) is 0 Å². The summed E-state index contributed by atoms with van der Waals surface area (Å²) in [6.45, 7) is 14.9. The van der Waals surface area contributed by atoms with Gasteiger partial charge in [-0.2, -0.15) is 0 Å². The van der Waals surface area contributed by atoms with E-state index in [4.69, 9.17) is 4.74 Å². The fraction of sp³-hybridized carbons (Fsp3) is 0.933. The Morgan fingerprint density at radius 3 is 2.00 bits per heavy atom. The summed E-state index contributed by atoms with van der Waals surface area (Å²) in [5.74, 6) is -0.0608. The summed E-state index contributed by atoms with van der Waals surface area (Å²) in [6, 6.07) is 4.09. The minimum atomic E-state index is -1.19. The lowest BCUT2D eigenvalue weighted by molar-refractivity contribution is -0.143. The molecule has 0 unspecified atom stereocenters. The normalized spacial score (nSPS) is 18.2. The fourth-order valence-electron chi connectivity index (χ4n) is 3.35. The molecular weight excluding hydrogens is 268 g/mol. The van der Waals surface area contributed by atoms with Gasteiger partial charge >= 0.3 is 5.97 Å². The molecule has 0 saturated carbocycles. The van der Waals surface area contributed by atoms with Gasteiger partial charge in [0.05, 0.1) is 13.0 Å². The van der Waals surface area contributed by atoms with Gasteiger partial charge in [-0.1, -0.05) is 20.8 Å². The standard InChI is InChI=1S/C15H32N2O2Si/c1-5-19-15(18)9-10-16-11-13-17(14-12-16)20(6-2,7-3)8-4/h5-14H2,1-4H3. The van der Waals surface area contributed by atoms with Crippen molar-refractivity contribution < 1.29 is 9.53 Å². The van der Waals surface area contributed by atoms with Crippen LogP contribution in [-0.2, 0) is 9.53 Å². The molecule has 1 heterocycles. The Bertz CT molecular complexity index is 279. The first kappa shape index (κ1) is 17.7. The molecule has 20 heavy (non-hydrogen) atoms. The van der Waals surface area contributed by atoms with Gasteiger partial charge < -0.3 is 14.2 Å². The molecule has 0 aliphatic carbocycles. The topological polar surface area (TPSA) is 32.8 Å². The van der Waals surface area contributed by atoms with Crippen LogP contribution in [0.4, 0.5) is 0 Å². The average molecular weight is 301 g/mol. The minimum Gasteiger partial charge on any atom is -0.466 e. The third-order valence-corrected chi connectivity index (χ3v) is 10.7. The quantitative estimate of drug-likeness (QED) is 0.509. The van der Waals surface area contributed by atoms with Gasteiger partial charge in [0.25, 0.3) is 0 Å². The van der Waals surface area contributed by atoms with Gasteiger partial charge in [0.1, 0.15) is 8.24 Å². The summed E-state index contributed by atoms with van der Waals surface area (Å²) >= 11 is 0. The van der Waals surface area contributed by atoms with Crippen LogP contribution < -0.4 is 0 Å². The van der Waals surface area contributed by atoms with Crippen LogP contribution in [0.5, 0.6) is 0 Å². The van der Waals surface area contributed by atoms with Crippen LogP contribution >= 0.6 is 0 Å². The average Bonchev–Trinajstić information content (AvgIpc) is 2.49. The Morgan fingerprint density at radius 2 is 1.55 bits per heavy atom. The largest absolute Gasteiger partial charge is 0.466 e. The van der Waals surface area contributed by atoms with E-state index >= 15 is 0 Å². The van der Waals surface area contributed by atoms with Crippen molar-refractivity contribution in [3.63, 3.8) is 0 Å². The van der Waals surface area contributed by atoms with Crippen molar-refractivity contribution >= 4 is 14.2 Å². The van der Waals surface area contributed by atoms with Crippen molar-refractivity contribution in [2.24, 2.45) is 0 Å². The maximum atomic E-state index is 11.4. The van der Waals surface area contributed by atoms with Crippen LogP contribution in [0.25, 0.3) is 0 Å². The highest BCUT2D eigenvalue weighted by Crippen LogP contribution is 2.26. The molecule has 4 nitrogen and oxygen atoms in total. The maximum Gasteiger partial charge on any atom is 0.307 e. The zero-order valence-electron chi connectivity index (χ0n) is 13.8. The van der Waals surface area contributed by atoms with E-state index in [0.29, 0.717) is 13.0 Å². The lowest BCUT2D eigenvalue weighted by Gasteiger charge is -2.45. The third kappa shape index (κ3) is 4.57. The van der Waals surface area contributed by atoms with Gasteiger partial charge in [0, 0.05) is 32.7 Å². The van der Waals surface area contributed by atoms with Crippen LogP contribution in [-0.4, -0.2) is 63.0 Å². The second-order valence-electron chi connectivity index (χ2n) is 5.67.